The van der Waals surface area contributed by atoms with Gasteiger partial charge in [-0.05, 0) is 61.7 Å². The molecule has 0 bridgehead atoms. The Morgan fingerprint density at radius 1 is 1.00 bits per heavy atom. The minimum atomic E-state index is -1.26. The molecule has 17 nitrogen and oxygen atoms in total. The summed E-state index contributed by atoms with van der Waals surface area (Å²) < 4.78 is 23.3. The third-order valence-corrected chi connectivity index (χ3v) is 7.88. The molecule has 0 spiro atoms. The zero-order chi connectivity index (χ0) is 37.3. The van der Waals surface area contributed by atoms with E-state index in [9.17, 15) is 14.5 Å². The molecule has 5 rings (SSSR count). The number of nitroso groups, excluding NO2 is 1. The molecule has 2 aromatic heterocycles. The van der Waals surface area contributed by atoms with Gasteiger partial charge in [-0.3, -0.25) is 4.57 Å². The highest BCUT2D eigenvalue weighted by Crippen LogP contribution is 2.31. The molecule has 0 radical (unpaired) electrons. The number of H-pyrrole nitrogens is 1. The van der Waals surface area contributed by atoms with Gasteiger partial charge in [-0.25, -0.2) is 14.4 Å². The summed E-state index contributed by atoms with van der Waals surface area (Å²) >= 11 is 0. The number of benzene rings is 3. The van der Waals surface area contributed by atoms with Gasteiger partial charge in [-0.2, -0.15) is 10.2 Å². The number of tetrazole rings is 1. The van der Waals surface area contributed by atoms with Gasteiger partial charge in [0.2, 0.25) is 12.1 Å². The largest absolute Gasteiger partial charge is 0.511 e. The van der Waals surface area contributed by atoms with E-state index in [1.807, 2.05) is 80.8 Å². The minimum Gasteiger partial charge on any atom is -0.465 e. The summed E-state index contributed by atoms with van der Waals surface area (Å²) in [7, 11) is 1.62. The summed E-state index contributed by atoms with van der Waals surface area (Å²) in [5, 5.41) is 15.9. The molecule has 0 amide bonds. The van der Waals surface area contributed by atoms with E-state index in [1.165, 1.54) is 11.9 Å². The van der Waals surface area contributed by atoms with Gasteiger partial charge in [0.15, 0.2) is 0 Å². The van der Waals surface area contributed by atoms with Gasteiger partial charge in [0, 0.05) is 24.5 Å². The number of carbonyl (C=O) groups excluding carboxylic acids is 2. The van der Waals surface area contributed by atoms with E-state index in [0.29, 0.717) is 41.0 Å². The van der Waals surface area contributed by atoms with Crippen molar-refractivity contribution in [2.24, 2.45) is 0 Å². The van der Waals surface area contributed by atoms with Crippen molar-refractivity contribution in [3.63, 3.8) is 0 Å². The standard InChI is InChI=1S/C35H42N9O8/c1-7-48-33-36-29-15-10-14-28(32(45)51-23(2)52-34(46)49-20-11-21-50-41-44(47)42(6)35(3,4)5)30(29)43(33)22-24-16-18-25(19-17-24)26-12-8-9-13-27(26)31-37-39-40-38-31/h8-10,12-19,23H,7,11,20-22H2,1-6H3,(H,41,47)(H,37,38,39,40)/q+1. The summed E-state index contributed by atoms with van der Waals surface area (Å²) in [6.07, 6.45) is -2.02. The first kappa shape index (κ1) is 37.2. The first-order chi connectivity index (χ1) is 25.0. The molecule has 2 N–H and O–H groups in total. The third-order valence-electron chi connectivity index (χ3n) is 7.88. The molecular weight excluding hydrogens is 674 g/mol. The van der Waals surface area contributed by atoms with Crippen molar-refractivity contribution >= 4 is 23.2 Å². The lowest BCUT2D eigenvalue weighted by molar-refractivity contribution is -0.795. The fraction of sp³-hybridized carbons (Fsp3) is 0.371. The molecule has 1 unspecified atom stereocenters. The number of para-hydroxylation sites is 1. The summed E-state index contributed by atoms with van der Waals surface area (Å²) in [5.41, 5.74) is 6.74. The lowest BCUT2D eigenvalue weighted by Crippen LogP contribution is -2.49. The van der Waals surface area contributed by atoms with Crippen LogP contribution in [-0.4, -0.2) is 91.0 Å². The van der Waals surface area contributed by atoms with Gasteiger partial charge < -0.3 is 18.9 Å². The summed E-state index contributed by atoms with van der Waals surface area (Å²) in [6.45, 7) is 9.58. The topological polar surface area (TPSA) is 188 Å². The van der Waals surface area contributed by atoms with Gasteiger partial charge in [-0.15, -0.1) is 15.2 Å². The van der Waals surface area contributed by atoms with Crippen LogP contribution in [0.1, 0.15) is 57.0 Å². The Balaban J connectivity index is 1.21. The van der Waals surface area contributed by atoms with Crippen molar-refractivity contribution in [1.29, 1.82) is 0 Å². The van der Waals surface area contributed by atoms with Crippen LogP contribution in [0.4, 0.5) is 4.79 Å². The lowest BCUT2D eigenvalue weighted by Gasteiger charge is -2.22. The molecule has 0 saturated carbocycles. The second-order valence-electron chi connectivity index (χ2n) is 12.5. The average Bonchev–Trinajstić information content (AvgIpc) is 3.78. The van der Waals surface area contributed by atoms with Crippen LogP contribution < -0.4 is 10.3 Å². The molecule has 0 aliphatic rings. The zero-order valence-corrected chi connectivity index (χ0v) is 29.9. The zero-order valence-electron chi connectivity index (χ0n) is 29.9. The Bertz CT molecular complexity index is 1970. The number of fused-ring (bicyclic) bond motifs is 1. The van der Waals surface area contributed by atoms with Gasteiger partial charge >= 0.3 is 12.1 Å². The van der Waals surface area contributed by atoms with E-state index in [-0.39, 0.29) is 25.2 Å². The maximum Gasteiger partial charge on any atom is 0.511 e. The molecule has 0 aliphatic heterocycles. The van der Waals surface area contributed by atoms with Gasteiger partial charge in [-0.1, -0.05) is 54.6 Å². The van der Waals surface area contributed by atoms with Crippen LogP contribution in [0.25, 0.3) is 33.5 Å². The Kier molecular flexibility index (Phi) is 12.0. The van der Waals surface area contributed by atoms with Crippen LogP contribution in [0.15, 0.2) is 66.7 Å². The van der Waals surface area contributed by atoms with Crippen molar-refractivity contribution < 1.29 is 38.4 Å². The number of hydrogen-bond acceptors (Lipinski definition) is 12. The molecule has 0 saturated heterocycles. The Morgan fingerprint density at radius 2 is 1.75 bits per heavy atom. The Labute approximate surface area is 299 Å². The van der Waals surface area contributed by atoms with E-state index < -0.39 is 24.0 Å². The van der Waals surface area contributed by atoms with E-state index in [1.54, 1.807) is 25.2 Å². The van der Waals surface area contributed by atoms with Crippen molar-refractivity contribution in [1.82, 2.24) is 40.8 Å². The van der Waals surface area contributed by atoms with Crippen LogP contribution in [0.2, 0.25) is 0 Å². The number of nitrogens with zero attached hydrogens (tertiary/aromatic N) is 7. The van der Waals surface area contributed by atoms with E-state index in [2.05, 4.69) is 31.2 Å². The number of imidazole rings is 1. The van der Waals surface area contributed by atoms with Crippen LogP contribution in [0.5, 0.6) is 6.01 Å². The number of ether oxygens (including phenoxy) is 4. The maximum absolute atomic E-state index is 13.4. The number of aromatic amines is 1. The van der Waals surface area contributed by atoms with E-state index in [4.69, 9.17) is 23.8 Å². The van der Waals surface area contributed by atoms with E-state index >= 15 is 0 Å². The lowest BCUT2D eigenvalue weighted by atomic mass is 9.98. The van der Waals surface area contributed by atoms with Crippen LogP contribution in [0.3, 0.4) is 0 Å². The molecular formula is C35H42N9O8+. The molecule has 17 heteroatoms. The fourth-order valence-electron chi connectivity index (χ4n) is 5.02. The number of hydrazine groups is 2. The van der Waals surface area contributed by atoms with Crippen molar-refractivity contribution in [3.8, 4) is 28.5 Å². The molecule has 2 heterocycles. The fourth-order valence-corrected chi connectivity index (χ4v) is 5.02. The van der Waals surface area contributed by atoms with Gasteiger partial charge in [0.05, 0.1) is 60.5 Å². The van der Waals surface area contributed by atoms with Crippen LogP contribution in [-0.2, 0) is 25.6 Å². The summed E-state index contributed by atoms with van der Waals surface area (Å²) in [4.78, 5) is 47.9. The average molecular weight is 717 g/mol. The minimum absolute atomic E-state index is 0.0554. The Morgan fingerprint density at radius 3 is 2.44 bits per heavy atom. The quantitative estimate of drug-likeness (QED) is 0.0444. The molecule has 5 aromatic rings. The monoisotopic (exact) mass is 716 g/mol. The van der Waals surface area contributed by atoms with Crippen molar-refractivity contribution in [2.75, 3.05) is 26.9 Å². The van der Waals surface area contributed by atoms with Gasteiger partial charge in [0.1, 0.15) is 0 Å². The van der Waals surface area contributed by atoms with Crippen LogP contribution >= 0.6 is 0 Å². The molecule has 0 fully saturated rings. The normalized spacial score (nSPS) is 11.9. The highest BCUT2D eigenvalue weighted by Gasteiger charge is 2.30. The molecule has 52 heavy (non-hydrogen) atoms. The number of carbonyl (C=O) groups is 2. The number of aromatic nitrogens is 6. The molecule has 1 atom stereocenters. The second-order valence-corrected chi connectivity index (χ2v) is 12.5. The highest BCUT2D eigenvalue weighted by molar-refractivity contribution is 6.02. The summed E-state index contributed by atoms with van der Waals surface area (Å²) in [5.74, 6) is -0.236. The number of hydrogen-bond donors (Lipinski definition) is 2. The predicted octanol–water partition coefficient (Wildman–Crippen LogP) is 5.24. The highest BCUT2D eigenvalue weighted by atomic mass is 16.8. The smallest absolute Gasteiger partial charge is 0.465 e. The molecule has 274 valence electrons. The second kappa shape index (κ2) is 16.7. The number of rotatable bonds is 16. The van der Waals surface area contributed by atoms with Crippen LogP contribution in [0, 0.1) is 4.91 Å². The molecule has 3 aromatic carbocycles. The third kappa shape index (κ3) is 9.16. The SMILES string of the molecule is CCOc1nc2cccc(C(=O)OC(C)OC(=O)OCCCON[N+](=O)N(C)C(C)(C)C)c2n1Cc1ccc(-c2ccccc2-c2nn[nH]n2)cc1. The Hall–Kier alpha value is -6.10. The first-order valence-electron chi connectivity index (χ1n) is 16.6. The molecule has 0 aliphatic carbocycles. The van der Waals surface area contributed by atoms with E-state index in [0.717, 1.165) is 22.3 Å². The summed E-state index contributed by atoms with van der Waals surface area (Å²) in [6, 6.07) is 21.2. The van der Waals surface area contributed by atoms with Gasteiger partial charge in [0.25, 0.3) is 11.0 Å². The number of esters is 1. The maximum atomic E-state index is 13.4. The van der Waals surface area contributed by atoms with Crippen molar-refractivity contribution in [3.05, 3.63) is 82.8 Å². The number of nitrogens with one attached hydrogen (secondary N) is 2. The van der Waals surface area contributed by atoms with Crippen molar-refractivity contribution in [2.45, 2.75) is 59.4 Å². The first-order valence-corrected chi connectivity index (χ1v) is 16.6. The predicted molar refractivity (Wildman–Crippen MR) is 187 cm³/mol.